The normalized spacial score (nSPS) is 16.8. The highest BCUT2D eigenvalue weighted by Gasteiger charge is 2.22. The maximum atomic E-state index is 12.0. The highest BCUT2D eigenvalue weighted by molar-refractivity contribution is 5.95. The molecule has 1 unspecified atom stereocenters. The standard InChI is InChI=1S/C14H19NO3/c1-11(16)5-4-9-15-12-6-2-3-7-13(12)18-10-8-14(15)17/h2-3,6-7,11,16H,4-5,8-10H2,1H3. The topological polar surface area (TPSA) is 49.8 Å². The molecule has 0 saturated carbocycles. The largest absolute Gasteiger partial charge is 0.491 e. The minimum Gasteiger partial charge on any atom is -0.491 e. The van der Waals surface area contributed by atoms with Gasteiger partial charge in [-0.1, -0.05) is 12.1 Å². The van der Waals surface area contributed by atoms with Crippen LogP contribution in [0, 0.1) is 0 Å². The Morgan fingerprint density at radius 2 is 2.22 bits per heavy atom. The Bertz CT molecular complexity index is 417. The van der Waals surface area contributed by atoms with Gasteiger partial charge in [-0.2, -0.15) is 0 Å². The van der Waals surface area contributed by atoms with E-state index in [2.05, 4.69) is 0 Å². The molecule has 0 fully saturated rings. The Balaban J connectivity index is 2.13. The number of aliphatic hydroxyl groups excluding tert-OH is 1. The molecule has 1 N–H and O–H groups in total. The first-order valence-corrected chi connectivity index (χ1v) is 6.39. The van der Waals surface area contributed by atoms with Gasteiger partial charge in [0.15, 0.2) is 0 Å². The van der Waals surface area contributed by atoms with E-state index < -0.39 is 0 Å². The Labute approximate surface area is 107 Å². The quantitative estimate of drug-likeness (QED) is 0.887. The number of para-hydroxylation sites is 2. The van der Waals surface area contributed by atoms with Crippen molar-refractivity contribution in [3.05, 3.63) is 24.3 Å². The average molecular weight is 249 g/mol. The van der Waals surface area contributed by atoms with Gasteiger partial charge in [0, 0.05) is 6.54 Å². The van der Waals surface area contributed by atoms with Crippen molar-refractivity contribution in [1.29, 1.82) is 0 Å². The van der Waals surface area contributed by atoms with E-state index in [1.165, 1.54) is 0 Å². The van der Waals surface area contributed by atoms with Crippen molar-refractivity contribution in [1.82, 2.24) is 0 Å². The third kappa shape index (κ3) is 3.01. The van der Waals surface area contributed by atoms with Crippen LogP contribution in [0.25, 0.3) is 0 Å². The van der Waals surface area contributed by atoms with Crippen LogP contribution in [0.1, 0.15) is 26.2 Å². The second-order valence-corrected chi connectivity index (χ2v) is 4.60. The smallest absolute Gasteiger partial charge is 0.230 e. The fourth-order valence-electron chi connectivity index (χ4n) is 2.11. The molecule has 2 rings (SSSR count). The lowest BCUT2D eigenvalue weighted by Gasteiger charge is -2.22. The number of anilines is 1. The summed E-state index contributed by atoms with van der Waals surface area (Å²) in [4.78, 5) is 13.8. The van der Waals surface area contributed by atoms with Crippen LogP contribution in [0.2, 0.25) is 0 Å². The van der Waals surface area contributed by atoms with Crippen LogP contribution in [0.5, 0.6) is 5.75 Å². The first-order chi connectivity index (χ1) is 8.68. The minimum absolute atomic E-state index is 0.0885. The molecule has 1 atom stereocenters. The Morgan fingerprint density at radius 3 is 3.00 bits per heavy atom. The monoisotopic (exact) mass is 249 g/mol. The van der Waals surface area contributed by atoms with E-state index >= 15 is 0 Å². The van der Waals surface area contributed by atoms with Gasteiger partial charge in [-0.3, -0.25) is 4.79 Å². The van der Waals surface area contributed by atoms with Gasteiger partial charge < -0.3 is 14.7 Å². The van der Waals surface area contributed by atoms with Gasteiger partial charge in [0.05, 0.1) is 24.8 Å². The second kappa shape index (κ2) is 5.87. The van der Waals surface area contributed by atoms with Gasteiger partial charge in [0.2, 0.25) is 5.91 Å². The number of benzene rings is 1. The Kier molecular flexibility index (Phi) is 4.20. The number of hydrogen-bond acceptors (Lipinski definition) is 3. The molecule has 1 aromatic carbocycles. The summed E-state index contributed by atoms with van der Waals surface area (Å²) in [5.74, 6) is 0.853. The van der Waals surface area contributed by atoms with Crippen LogP contribution < -0.4 is 9.64 Å². The zero-order valence-electron chi connectivity index (χ0n) is 10.6. The van der Waals surface area contributed by atoms with Crippen molar-refractivity contribution in [3.63, 3.8) is 0 Å². The number of carbonyl (C=O) groups excluding carboxylic acids is 1. The predicted octanol–water partition coefficient (Wildman–Crippen LogP) is 1.96. The lowest BCUT2D eigenvalue weighted by atomic mass is 10.2. The summed E-state index contributed by atoms with van der Waals surface area (Å²) in [6, 6.07) is 7.60. The van der Waals surface area contributed by atoms with Crippen molar-refractivity contribution < 1.29 is 14.6 Å². The first-order valence-electron chi connectivity index (χ1n) is 6.39. The van der Waals surface area contributed by atoms with Crippen LogP contribution in [0.3, 0.4) is 0 Å². The Hall–Kier alpha value is -1.55. The summed E-state index contributed by atoms with van der Waals surface area (Å²) in [5.41, 5.74) is 0.839. The summed E-state index contributed by atoms with van der Waals surface area (Å²) < 4.78 is 5.56. The fraction of sp³-hybridized carbons (Fsp3) is 0.500. The highest BCUT2D eigenvalue weighted by atomic mass is 16.5. The maximum Gasteiger partial charge on any atom is 0.230 e. The van der Waals surface area contributed by atoms with E-state index in [1.54, 1.807) is 11.8 Å². The molecule has 0 saturated heterocycles. The number of amides is 1. The molecule has 18 heavy (non-hydrogen) atoms. The van der Waals surface area contributed by atoms with Gasteiger partial charge in [0.1, 0.15) is 5.75 Å². The molecule has 1 aliphatic heterocycles. The van der Waals surface area contributed by atoms with Crippen LogP contribution in [0.4, 0.5) is 5.69 Å². The molecule has 1 aliphatic rings. The van der Waals surface area contributed by atoms with Crippen molar-refractivity contribution in [3.8, 4) is 5.75 Å². The molecule has 1 amide bonds. The first kappa shape index (κ1) is 12.9. The lowest BCUT2D eigenvalue weighted by Crippen LogP contribution is -2.31. The number of fused-ring (bicyclic) bond motifs is 1. The fourth-order valence-corrected chi connectivity index (χ4v) is 2.11. The van der Waals surface area contributed by atoms with Crippen molar-refractivity contribution >= 4 is 11.6 Å². The Morgan fingerprint density at radius 1 is 1.44 bits per heavy atom. The van der Waals surface area contributed by atoms with Crippen LogP contribution >= 0.6 is 0 Å². The summed E-state index contributed by atoms with van der Waals surface area (Å²) in [6.07, 6.45) is 1.58. The van der Waals surface area contributed by atoms with Gasteiger partial charge in [0.25, 0.3) is 0 Å². The van der Waals surface area contributed by atoms with E-state index in [9.17, 15) is 9.90 Å². The zero-order valence-corrected chi connectivity index (χ0v) is 10.6. The molecular weight excluding hydrogens is 230 g/mol. The molecule has 1 aromatic rings. The SMILES string of the molecule is CC(O)CCCN1C(=O)CCOc2ccccc21. The van der Waals surface area contributed by atoms with Crippen LogP contribution in [0.15, 0.2) is 24.3 Å². The van der Waals surface area contributed by atoms with Crippen molar-refractivity contribution in [2.45, 2.75) is 32.3 Å². The summed E-state index contributed by atoms with van der Waals surface area (Å²) in [6.45, 7) is 2.83. The van der Waals surface area contributed by atoms with E-state index in [1.807, 2.05) is 24.3 Å². The van der Waals surface area contributed by atoms with Crippen LogP contribution in [-0.2, 0) is 4.79 Å². The number of rotatable bonds is 4. The average Bonchev–Trinajstić information content (AvgIpc) is 2.49. The van der Waals surface area contributed by atoms with E-state index in [0.717, 1.165) is 17.9 Å². The molecule has 1 heterocycles. The molecule has 98 valence electrons. The number of hydrogen-bond donors (Lipinski definition) is 1. The van der Waals surface area contributed by atoms with Crippen molar-refractivity contribution in [2.75, 3.05) is 18.1 Å². The number of nitrogens with zero attached hydrogens (tertiary/aromatic N) is 1. The molecule has 0 spiro atoms. The zero-order chi connectivity index (χ0) is 13.0. The molecule has 0 radical (unpaired) electrons. The predicted molar refractivity (Wildman–Crippen MR) is 69.8 cm³/mol. The maximum absolute atomic E-state index is 12.0. The van der Waals surface area contributed by atoms with Crippen molar-refractivity contribution in [2.24, 2.45) is 0 Å². The highest BCUT2D eigenvalue weighted by Crippen LogP contribution is 2.31. The number of aliphatic hydroxyl groups is 1. The third-order valence-electron chi connectivity index (χ3n) is 3.03. The molecule has 4 heteroatoms. The summed E-state index contributed by atoms with van der Waals surface area (Å²) >= 11 is 0. The third-order valence-corrected chi connectivity index (χ3v) is 3.03. The molecule has 0 aromatic heterocycles. The van der Waals surface area contributed by atoms with Gasteiger partial charge in [-0.05, 0) is 31.9 Å². The van der Waals surface area contributed by atoms with Gasteiger partial charge in [-0.25, -0.2) is 0 Å². The van der Waals surface area contributed by atoms with E-state index in [0.29, 0.717) is 26.0 Å². The number of ether oxygens (including phenoxy) is 1. The summed E-state index contributed by atoms with van der Waals surface area (Å²) in [5, 5.41) is 9.27. The molecule has 0 bridgehead atoms. The van der Waals surface area contributed by atoms with E-state index in [4.69, 9.17) is 4.74 Å². The van der Waals surface area contributed by atoms with E-state index in [-0.39, 0.29) is 12.0 Å². The molecule has 0 aliphatic carbocycles. The van der Waals surface area contributed by atoms with Gasteiger partial charge >= 0.3 is 0 Å². The minimum atomic E-state index is -0.321. The van der Waals surface area contributed by atoms with Crippen LogP contribution in [-0.4, -0.2) is 30.3 Å². The molecular formula is C14H19NO3. The van der Waals surface area contributed by atoms with Gasteiger partial charge in [-0.15, -0.1) is 0 Å². The number of carbonyl (C=O) groups is 1. The lowest BCUT2D eigenvalue weighted by molar-refractivity contribution is -0.118. The second-order valence-electron chi connectivity index (χ2n) is 4.60. The molecule has 4 nitrogen and oxygen atoms in total. The summed E-state index contributed by atoms with van der Waals surface area (Å²) in [7, 11) is 0.